The second-order valence-electron chi connectivity index (χ2n) is 5.97. The Bertz CT molecular complexity index is 610. The van der Waals surface area contributed by atoms with Crippen LogP contribution in [0.2, 0.25) is 0 Å². The van der Waals surface area contributed by atoms with E-state index in [0.29, 0.717) is 12.0 Å². The maximum absolute atomic E-state index is 4.87. The monoisotopic (exact) mass is 257 g/mol. The first-order valence-corrected chi connectivity index (χ1v) is 7.26. The number of hydrogen-bond donors (Lipinski definition) is 1. The van der Waals surface area contributed by atoms with Crippen LogP contribution in [-0.2, 0) is 19.9 Å². The van der Waals surface area contributed by atoms with E-state index >= 15 is 0 Å². The van der Waals surface area contributed by atoms with E-state index in [1.165, 1.54) is 28.8 Å². The summed E-state index contributed by atoms with van der Waals surface area (Å²) in [5.74, 6) is 0.487. The highest BCUT2D eigenvalue weighted by Gasteiger charge is 2.24. The standard InChI is InChI=1S/C16H23N3/c1-10(2)14-7-6-12-13-9-11(17-3)5-8-15(13)19(4)16(12)18-14/h6-7,10-11,17H,5,8-9H2,1-4H3. The van der Waals surface area contributed by atoms with Gasteiger partial charge in [-0.25, -0.2) is 4.98 Å². The van der Waals surface area contributed by atoms with Crippen LogP contribution >= 0.6 is 0 Å². The van der Waals surface area contributed by atoms with Gasteiger partial charge in [-0.05, 0) is 49.9 Å². The minimum Gasteiger partial charge on any atom is -0.332 e. The smallest absolute Gasteiger partial charge is 0.140 e. The van der Waals surface area contributed by atoms with Crippen molar-refractivity contribution in [1.29, 1.82) is 0 Å². The molecule has 0 amide bonds. The zero-order valence-electron chi connectivity index (χ0n) is 12.3. The Morgan fingerprint density at radius 1 is 1.37 bits per heavy atom. The Morgan fingerprint density at radius 3 is 2.84 bits per heavy atom. The van der Waals surface area contributed by atoms with Crippen molar-refractivity contribution in [2.45, 2.75) is 45.1 Å². The molecule has 0 saturated heterocycles. The summed E-state index contributed by atoms with van der Waals surface area (Å²) < 4.78 is 2.31. The van der Waals surface area contributed by atoms with Gasteiger partial charge in [-0.15, -0.1) is 0 Å². The molecule has 0 bridgehead atoms. The van der Waals surface area contributed by atoms with Crippen molar-refractivity contribution in [3.8, 4) is 0 Å². The van der Waals surface area contributed by atoms with Crippen molar-refractivity contribution >= 4 is 11.0 Å². The molecule has 1 aliphatic rings. The third-order valence-electron chi connectivity index (χ3n) is 4.47. The third-order valence-corrected chi connectivity index (χ3v) is 4.47. The number of aromatic nitrogens is 2. The van der Waals surface area contributed by atoms with Crippen LogP contribution in [0.25, 0.3) is 11.0 Å². The molecule has 2 aromatic heterocycles. The predicted octanol–water partition coefficient (Wildman–Crippen LogP) is 2.77. The van der Waals surface area contributed by atoms with E-state index < -0.39 is 0 Å². The normalized spacial score (nSPS) is 19.1. The number of rotatable bonds is 2. The van der Waals surface area contributed by atoms with Crippen LogP contribution in [0.3, 0.4) is 0 Å². The first kappa shape index (κ1) is 12.7. The van der Waals surface area contributed by atoms with E-state index in [-0.39, 0.29) is 0 Å². The molecule has 0 aromatic carbocycles. The molecule has 0 radical (unpaired) electrons. The number of pyridine rings is 1. The Balaban J connectivity index is 2.16. The second kappa shape index (κ2) is 4.64. The van der Waals surface area contributed by atoms with Gasteiger partial charge in [0, 0.05) is 29.9 Å². The lowest BCUT2D eigenvalue weighted by Crippen LogP contribution is -2.31. The molecule has 1 unspecified atom stereocenters. The van der Waals surface area contributed by atoms with Gasteiger partial charge in [-0.2, -0.15) is 0 Å². The summed E-state index contributed by atoms with van der Waals surface area (Å²) in [6.45, 7) is 4.40. The topological polar surface area (TPSA) is 29.9 Å². The average Bonchev–Trinajstić information content (AvgIpc) is 2.71. The Labute approximate surface area is 115 Å². The lowest BCUT2D eigenvalue weighted by Gasteiger charge is -2.22. The maximum atomic E-state index is 4.87. The van der Waals surface area contributed by atoms with Gasteiger partial charge in [0.1, 0.15) is 5.65 Å². The second-order valence-corrected chi connectivity index (χ2v) is 5.97. The summed E-state index contributed by atoms with van der Waals surface area (Å²) >= 11 is 0. The number of likely N-dealkylation sites (N-methyl/N-ethyl adjacent to an activating group) is 1. The first-order valence-electron chi connectivity index (χ1n) is 7.26. The zero-order chi connectivity index (χ0) is 13.6. The van der Waals surface area contributed by atoms with Crippen molar-refractivity contribution in [2.24, 2.45) is 7.05 Å². The molecule has 1 atom stereocenters. The number of aryl methyl sites for hydroxylation is 1. The van der Waals surface area contributed by atoms with Crippen LogP contribution in [-0.4, -0.2) is 22.6 Å². The van der Waals surface area contributed by atoms with E-state index in [1.807, 2.05) is 0 Å². The fourth-order valence-corrected chi connectivity index (χ4v) is 3.21. The van der Waals surface area contributed by atoms with E-state index in [0.717, 1.165) is 18.5 Å². The van der Waals surface area contributed by atoms with Crippen LogP contribution in [0.15, 0.2) is 12.1 Å². The number of hydrogen-bond acceptors (Lipinski definition) is 2. The summed E-state index contributed by atoms with van der Waals surface area (Å²) in [5, 5.41) is 4.77. The summed E-state index contributed by atoms with van der Waals surface area (Å²) in [6, 6.07) is 5.08. The van der Waals surface area contributed by atoms with Crippen LogP contribution in [0.1, 0.15) is 43.1 Å². The van der Waals surface area contributed by atoms with Gasteiger partial charge < -0.3 is 9.88 Å². The summed E-state index contributed by atoms with van der Waals surface area (Å²) in [7, 11) is 4.23. The van der Waals surface area contributed by atoms with E-state index in [4.69, 9.17) is 4.98 Å². The molecular weight excluding hydrogens is 234 g/mol. The Kier molecular flexibility index (Phi) is 3.09. The largest absolute Gasteiger partial charge is 0.332 e. The summed E-state index contributed by atoms with van der Waals surface area (Å²) in [5.41, 5.74) is 5.34. The molecule has 3 rings (SSSR count). The number of fused-ring (bicyclic) bond motifs is 3. The molecule has 0 aliphatic heterocycles. The molecule has 2 heterocycles. The summed E-state index contributed by atoms with van der Waals surface area (Å²) in [4.78, 5) is 4.87. The summed E-state index contributed by atoms with van der Waals surface area (Å²) in [6.07, 6.45) is 3.52. The minimum atomic E-state index is 0.487. The van der Waals surface area contributed by atoms with Gasteiger partial charge in [0.2, 0.25) is 0 Å². The van der Waals surface area contributed by atoms with Gasteiger partial charge in [-0.3, -0.25) is 0 Å². The molecule has 2 aromatic rings. The SMILES string of the molecule is CNC1CCc2c(c3ccc(C(C)C)nc3n2C)C1. The fourth-order valence-electron chi connectivity index (χ4n) is 3.21. The van der Waals surface area contributed by atoms with Crippen LogP contribution < -0.4 is 5.32 Å². The van der Waals surface area contributed by atoms with Crippen LogP contribution in [0.4, 0.5) is 0 Å². The highest BCUT2D eigenvalue weighted by Crippen LogP contribution is 2.31. The van der Waals surface area contributed by atoms with E-state index in [1.54, 1.807) is 0 Å². The highest BCUT2D eigenvalue weighted by molar-refractivity contribution is 5.83. The van der Waals surface area contributed by atoms with Crippen molar-refractivity contribution in [2.75, 3.05) is 7.05 Å². The maximum Gasteiger partial charge on any atom is 0.140 e. The van der Waals surface area contributed by atoms with Crippen LogP contribution in [0, 0.1) is 0 Å². The highest BCUT2D eigenvalue weighted by atomic mass is 15.0. The van der Waals surface area contributed by atoms with E-state index in [2.05, 4.69) is 50.0 Å². The zero-order valence-corrected chi connectivity index (χ0v) is 12.3. The lowest BCUT2D eigenvalue weighted by atomic mass is 9.91. The van der Waals surface area contributed by atoms with Crippen molar-refractivity contribution < 1.29 is 0 Å². The molecule has 102 valence electrons. The molecule has 1 aliphatic carbocycles. The quantitative estimate of drug-likeness (QED) is 0.896. The van der Waals surface area contributed by atoms with Gasteiger partial charge in [-0.1, -0.05) is 13.8 Å². The average molecular weight is 257 g/mol. The van der Waals surface area contributed by atoms with Gasteiger partial charge in [0.15, 0.2) is 0 Å². The molecule has 19 heavy (non-hydrogen) atoms. The fraction of sp³-hybridized carbons (Fsp3) is 0.562. The van der Waals surface area contributed by atoms with Crippen molar-refractivity contribution in [1.82, 2.24) is 14.9 Å². The van der Waals surface area contributed by atoms with Crippen molar-refractivity contribution in [3.05, 3.63) is 29.1 Å². The molecule has 3 nitrogen and oxygen atoms in total. The molecular formula is C16H23N3. The van der Waals surface area contributed by atoms with Gasteiger partial charge in [0.25, 0.3) is 0 Å². The predicted molar refractivity (Wildman–Crippen MR) is 79.7 cm³/mol. The van der Waals surface area contributed by atoms with Gasteiger partial charge >= 0.3 is 0 Å². The molecule has 3 heteroatoms. The van der Waals surface area contributed by atoms with Crippen molar-refractivity contribution in [3.63, 3.8) is 0 Å². The Hall–Kier alpha value is -1.35. The van der Waals surface area contributed by atoms with E-state index in [9.17, 15) is 0 Å². The first-order chi connectivity index (χ1) is 9.11. The molecule has 0 spiro atoms. The third kappa shape index (κ3) is 1.96. The minimum absolute atomic E-state index is 0.487. The molecule has 1 N–H and O–H groups in total. The number of nitrogens with one attached hydrogen (secondary N) is 1. The lowest BCUT2D eigenvalue weighted by molar-refractivity contribution is 0.488. The Morgan fingerprint density at radius 2 is 2.16 bits per heavy atom. The van der Waals surface area contributed by atoms with Gasteiger partial charge in [0.05, 0.1) is 0 Å². The molecule has 0 fully saturated rings. The number of nitrogens with zero attached hydrogens (tertiary/aromatic N) is 2. The molecule has 0 saturated carbocycles. The van der Waals surface area contributed by atoms with Crippen LogP contribution in [0.5, 0.6) is 0 Å².